The minimum absolute atomic E-state index is 0.939. The monoisotopic (exact) mass is 273 g/mol. The van der Waals surface area contributed by atoms with Gasteiger partial charge < -0.3 is 10.6 Å². The molecule has 0 spiro atoms. The summed E-state index contributed by atoms with van der Waals surface area (Å²) in [4.78, 5) is 4.26. The van der Waals surface area contributed by atoms with Crippen molar-refractivity contribution in [3.8, 4) is 0 Å². The highest BCUT2D eigenvalue weighted by Crippen LogP contribution is 2.33. The SMILES string of the molecule is CN=C(NCCCc1ccccc1)NCCCC1CC1. The third-order valence-electron chi connectivity index (χ3n) is 3.78. The summed E-state index contributed by atoms with van der Waals surface area (Å²) in [5.74, 6) is 1.96. The van der Waals surface area contributed by atoms with Gasteiger partial charge >= 0.3 is 0 Å². The van der Waals surface area contributed by atoms with Gasteiger partial charge in [0.05, 0.1) is 0 Å². The van der Waals surface area contributed by atoms with E-state index in [9.17, 15) is 0 Å². The Kier molecular flexibility index (Phi) is 6.42. The molecule has 3 nitrogen and oxygen atoms in total. The van der Waals surface area contributed by atoms with Gasteiger partial charge in [-0.1, -0.05) is 43.2 Å². The summed E-state index contributed by atoms with van der Waals surface area (Å²) in [5.41, 5.74) is 1.40. The Balaban J connectivity index is 1.51. The fourth-order valence-electron chi connectivity index (χ4n) is 2.37. The van der Waals surface area contributed by atoms with Crippen LogP contribution >= 0.6 is 0 Å². The zero-order chi connectivity index (χ0) is 14.0. The quantitative estimate of drug-likeness (QED) is 0.434. The molecule has 1 aliphatic carbocycles. The Labute approximate surface area is 122 Å². The first kappa shape index (κ1) is 14.9. The van der Waals surface area contributed by atoms with Crippen LogP contribution in [0.5, 0.6) is 0 Å². The standard InChI is InChI=1S/C17H27N3/c1-18-17(20-14-6-10-16-11-12-16)19-13-5-9-15-7-3-2-4-8-15/h2-4,7-8,16H,5-6,9-14H2,1H3,(H2,18,19,20). The van der Waals surface area contributed by atoms with Crippen molar-refractivity contribution in [2.75, 3.05) is 20.1 Å². The largest absolute Gasteiger partial charge is 0.356 e. The van der Waals surface area contributed by atoms with E-state index in [-0.39, 0.29) is 0 Å². The summed E-state index contributed by atoms with van der Waals surface area (Å²) in [7, 11) is 1.84. The van der Waals surface area contributed by atoms with Gasteiger partial charge in [-0.25, -0.2) is 0 Å². The number of nitrogens with zero attached hydrogens (tertiary/aromatic N) is 1. The van der Waals surface area contributed by atoms with Gasteiger partial charge in [0.25, 0.3) is 0 Å². The van der Waals surface area contributed by atoms with E-state index in [2.05, 4.69) is 46.0 Å². The Morgan fingerprint density at radius 1 is 1.10 bits per heavy atom. The zero-order valence-electron chi connectivity index (χ0n) is 12.6. The number of nitrogens with one attached hydrogen (secondary N) is 2. The number of rotatable bonds is 8. The summed E-state index contributed by atoms with van der Waals surface area (Å²) in [5, 5.41) is 6.77. The van der Waals surface area contributed by atoms with Gasteiger partial charge in [-0.05, 0) is 37.2 Å². The van der Waals surface area contributed by atoms with E-state index in [0.717, 1.165) is 37.8 Å². The van der Waals surface area contributed by atoms with Crippen molar-refractivity contribution in [2.45, 2.75) is 38.5 Å². The predicted octanol–water partition coefficient (Wildman–Crippen LogP) is 2.97. The molecule has 1 fully saturated rings. The van der Waals surface area contributed by atoms with Crippen molar-refractivity contribution in [3.05, 3.63) is 35.9 Å². The maximum Gasteiger partial charge on any atom is 0.190 e. The van der Waals surface area contributed by atoms with Crippen LogP contribution in [0.15, 0.2) is 35.3 Å². The molecular formula is C17H27N3. The van der Waals surface area contributed by atoms with Gasteiger partial charge in [-0.2, -0.15) is 0 Å². The molecule has 110 valence electrons. The maximum atomic E-state index is 4.26. The lowest BCUT2D eigenvalue weighted by molar-refractivity contribution is 0.642. The molecule has 1 aromatic carbocycles. The Morgan fingerprint density at radius 2 is 1.80 bits per heavy atom. The molecule has 1 saturated carbocycles. The molecule has 0 aromatic heterocycles. The highest BCUT2D eigenvalue weighted by Gasteiger charge is 2.19. The average Bonchev–Trinajstić information content (AvgIpc) is 3.31. The Hall–Kier alpha value is -1.51. The number of guanidine groups is 1. The van der Waals surface area contributed by atoms with Crippen LogP contribution in [0.2, 0.25) is 0 Å². The molecule has 2 rings (SSSR count). The molecule has 0 amide bonds. The van der Waals surface area contributed by atoms with E-state index >= 15 is 0 Å². The van der Waals surface area contributed by atoms with Crippen LogP contribution in [-0.2, 0) is 6.42 Å². The van der Waals surface area contributed by atoms with Crippen LogP contribution in [0.4, 0.5) is 0 Å². The van der Waals surface area contributed by atoms with Crippen LogP contribution in [-0.4, -0.2) is 26.1 Å². The molecular weight excluding hydrogens is 246 g/mol. The summed E-state index contributed by atoms with van der Waals surface area (Å²) in [6, 6.07) is 10.6. The molecule has 0 saturated heterocycles. The van der Waals surface area contributed by atoms with Crippen LogP contribution < -0.4 is 10.6 Å². The molecule has 2 N–H and O–H groups in total. The fourth-order valence-corrected chi connectivity index (χ4v) is 2.37. The summed E-state index contributed by atoms with van der Waals surface area (Å²) in [6.07, 6.45) is 7.78. The van der Waals surface area contributed by atoms with Crippen molar-refractivity contribution in [2.24, 2.45) is 10.9 Å². The van der Waals surface area contributed by atoms with E-state index in [1.165, 1.54) is 31.2 Å². The smallest absolute Gasteiger partial charge is 0.190 e. The molecule has 0 heterocycles. The van der Waals surface area contributed by atoms with Gasteiger partial charge in [0.1, 0.15) is 0 Å². The van der Waals surface area contributed by atoms with Crippen LogP contribution in [0, 0.1) is 5.92 Å². The Morgan fingerprint density at radius 3 is 2.45 bits per heavy atom. The maximum absolute atomic E-state index is 4.26. The highest BCUT2D eigenvalue weighted by atomic mass is 15.2. The van der Waals surface area contributed by atoms with E-state index in [0.29, 0.717) is 0 Å². The minimum Gasteiger partial charge on any atom is -0.356 e. The zero-order valence-corrected chi connectivity index (χ0v) is 12.6. The predicted molar refractivity (Wildman–Crippen MR) is 86.1 cm³/mol. The molecule has 3 heteroatoms. The number of aliphatic imine (C=N–C) groups is 1. The lowest BCUT2D eigenvalue weighted by Gasteiger charge is -2.11. The normalized spacial score (nSPS) is 15.2. The van der Waals surface area contributed by atoms with Crippen molar-refractivity contribution in [3.63, 3.8) is 0 Å². The number of aryl methyl sites for hydroxylation is 1. The van der Waals surface area contributed by atoms with E-state index in [1.807, 2.05) is 7.05 Å². The second-order valence-electron chi connectivity index (χ2n) is 5.60. The molecule has 0 atom stereocenters. The fraction of sp³-hybridized carbons (Fsp3) is 0.588. The van der Waals surface area contributed by atoms with Crippen molar-refractivity contribution < 1.29 is 0 Å². The lowest BCUT2D eigenvalue weighted by atomic mass is 10.1. The molecule has 0 bridgehead atoms. The van der Waals surface area contributed by atoms with Crippen molar-refractivity contribution in [1.29, 1.82) is 0 Å². The second-order valence-corrected chi connectivity index (χ2v) is 5.60. The van der Waals surface area contributed by atoms with Crippen LogP contribution in [0.25, 0.3) is 0 Å². The van der Waals surface area contributed by atoms with Gasteiger partial charge in [0.2, 0.25) is 0 Å². The average molecular weight is 273 g/mol. The summed E-state index contributed by atoms with van der Waals surface area (Å²) < 4.78 is 0. The van der Waals surface area contributed by atoms with E-state index in [1.54, 1.807) is 0 Å². The number of benzene rings is 1. The Bertz CT molecular complexity index is 396. The van der Waals surface area contributed by atoms with Crippen LogP contribution in [0.1, 0.15) is 37.7 Å². The number of hydrogen-bond acceptors (Lipinski definition) is 1. The second kappa shape index (κ2) is 8.62. The third kappa shape index (κ3) is 6.09. The minimum atomic E-state index is 0.939. The summed E-state index contributed by atoms with van der Waals surface area (Å²) >= 11 is 0. The molecule has 0 unspecified atom stereocenters. The number of hydrogen-bond donors (Lipinski definition) is 2. The van der Waals surface area contributed by atoms with Crippen molar-refractivity contribution >= 4 is 5.96 Å². The van der Waals surface area contributed by atoms with E-state index < -0.39 is 0 Å². The van der Waals surface area contributed by atoms with Gasteiger partial charge in [-0.3, -0.25) is 4.99 Å². The topological polar surface area (TPSA) is 36.4 Å². The molecule has 1 aromatic rings. The van der Waals surface area contributed by atoms with Gasteiger partial charge in [-0.15, -0.1) is 0 Å². The third-order valence-corrected chi connectivity index (χ3v) is 3.78. The first-order valence-electron chi connectivity index (χ1n) is 7.87. The van der Waals surface area contributed by atoms with E-state index in [4.69, 9.17) is 0 Å². The summed E-state index contributed by atoms with van der Waals surface area (Å²) in [6.45, 7) is 2.01. The van der Waals surface area contributed by atoms with Crippen LogP contribution in [0.3, 0.4) is 0 Å². The van der Waals surface area contributed by atoms with Gasteiger partial charge in [0.15, 0.2) is 5.96 Å². The molecule has 0 aliphatic heterocycles. The molecule has 0 radical (unpaired) electrons. The first-order valence-corrected chi connectivity index (χ1v) is 7.87. The van der Waals surface area contributed by atoms with Crippen molar-refractivity contribution in [1.82, 2.24) is 10.6 Å². The van der Waals surface area contributed by atoms with Gasteiger partial charge in [0, 0.05) is 20.1 Å². The lowest BCUT2D eigenvalue weighted by Crippen LogP contribution is -2.38. The first-order chi connectivity index (χ1) is 9.88. The molecule has 1 aliphatic rings. The molecule has 20 heavy (non-hydrogen) atoms. The highest BCUT2D eigenvalue weighted by molar-refractivity contribution is 5.79.